The lowest BCUT2D eigenvalue weighted by atomic mass is 10.0. The van der Waals surface area contributed by atoms with E-state index in [1.54, 1.807) is 19.3 Å². The van der Waals surface area contributed by atoms with Gasteiger partial charge in [-0.05, 0) is 17.7 Å². The van der Waals surface area contributed by atoms with E-state index in [1.165, 1.54) is 14.2 Å². The van der Waals surface area contributed by atoms with Gasteiger partial charge in [0.2, 0.25) is 0 Å². The topological polar surface area (TPSA) is 54.0 Å². The van der Waals surface area contributed by atoms with Crippen LogP contribution in [-0.4, -0.2) is 21.3 Å². The third-order valence-electron chi connectivity index (χ3n) is 3.93. The number of hydrogen-bond acceptors (Lipinski definition) is 5. The quantitative estimate of drug-likeness (QED) is 0.737. The van der Waals surface area contributed by atoms with Gasteiger partial charge in [-0.2, -0.15) is 0 Å². The number of ether oxygens (including phenoxy) is 2. The molecule has 0 amide bonds. The molecule has 6 heteroatoms. The van der Waals surface area contributed by atoms with Crippen LogP contribution in [-0.2, 0) is 13.6 Å². The molecule has 0 spiro atoms. The first-order valence-electron chi connectivity index (χ1n) is 7.46. The summed E-state index contributed by atoms with van der Waals surface area (Å²) in [4.78, 5) is 0. The van der Waals surface area contributed by atoms with Crippen molar-refractivity contribution in [1.82, 2.24) is 0 Å². The van der Waals surface area contributed by atoms with Crippen LogP contribution in [0.25, 0.3) is 5.31 Å². The SMILES string of the molecule is COc1cccc2c1OC(c1ccccc1)C=C2P(=O)(OC)OC. The number of methoxy groups -OCH3 is 1. The third kappa shape index (κ3) is 2.86. The molecule has 2 aromatic rings. The maximum atomic E-state index is 13.0. The molecule has 1 aliphatic rings. The van der Waals surface area contributed by atoms with E-state index in [-0.39, 0.29) is 0 Å². The van der Waals surface area contributed by atoms with Crippen molar-refractivity contribution >= 4 is 12.9 Å². The highest BCUT2D eigenvalue weighted by molar-refractivity contribution is 7.65. The Bertz CT molecular complexity index is 792. The van der Waals surface area contributed by atoms with E-state index >= 15 is 0 Å². The zero-order valence-corrected chi connectivity index (χ0v) is 14.7. The predicted molar refractivity (Wildman–Crippen MR) is 92.4 cm³/mol. The Kier molecular flexibility index (Phi) is 4.76. The largest absolute Gasteiger partial charge is 0.493 e. The van der Waals surface area contributed by atoms with Gasteiger partial charge >= 0.3 is 7.60 Å². The predicted octanol–water partition coefficient (Wildman–Crippen LogP) is 4.66. The van der Waals surface area contributed by atoms with Crippen molar-refractivity contribution in [3.05, 3.63) is 65.7 Å². The molecule has 1 atom stereocenters. The fourth-order valence-electron chi connectivity index (χ4n) is 2.71. The summed E-state index contributed by atoms with van der Waals surface area (Å²) in [5.74, 6) is 1.10. The van der Waals surface area contributed by atoms with Gasteiger partial charge in [0.25, 0.3) is 0 Å². The van der Waals surface area contributed by atoms with Gasteiger partial charge in [0.05, 0.1) is 12.4 Å². The molecule has 126 valence electrons. The highest BCUT2D eigenvalue weighted by Gasteiger charge is 2.36. The third-order valence-corrected chi connectivity index (χ3v) is 5.87. The summed E-state index contributed by atoms with van der Waals surface area (Å²) in [5, 5.41) is 0.474. The molecule has 0 saturated carbocycles. The Hall–Kier alpha value is -2.07. The van der Waals surface area contributed by atoms with E-state index in [4.69, 9.17) is 18.5 Å². The number of benzene rings is 2. The van der Waals surface area contributed by atoms with E-state index < -0.39 is 13.7 Å². The van der Waals surface area contributed by atoms with E-state index in [2.05, 4.69) is 0 Å². The van der Waals surface area contributed by atoms with Gasteiger partial charge in [-0.15, -0.1) is 0 Å². The fourth-order valence-corrected chi connectivity index (χ4v) is 4.04. The summed E-state index contributed by atoms with van der Waals surface area (Å²) in [6, 6.07) is 15.1. The highest BCUT2D eigenvalue weighted by Crippen LogP contribution is 2.63. The van der Waals surface area contributed by atoms with Crippen molar-refractivity contribution in [1.29, 1.82) is 0 Å². The van der Waals surface area contributed by atoms with Gasteiger partial charge < -0.3 is 18.5 Å². The summed E-state index contributed by atoms with van der Waals surface area (Å²) in [6.45, 7) is 0. The summed E-state index contributed by atoms with van der Waals surface area (Å²) in [6.07, 6.45) is 1.37. The fraction of sp³-hybridized carbons (Fsp3) is 0.222. The first-order chi connectivity index (χ1) is 11.6. The van der Waals surface area contributed by atoms with Gasteiger partial charge in [0.1, 0.15) is 6.10 Å². The number of hydrogen-bond donors (Lipinski definition) is 0. The van der Waals surface area contributed by atoms with E-state index in [0.717, 1.165) is 5.56 Å². The van der Waals surface area contributed by atoms with Gasteiger partial charge in [-0.25, -0.2) is 0 Å². The first kappa shape index (κ1) is 16.8. The van der Waals surface area contributed by atoms with Gasteiger partial charge in [-0.3, -0.25) is 4.57 Å². The number of fused-ring (bicyclic) bond motifs is 1. The van der Waals surface area contributed by atoms with Crippen LogP contribution in [0.4, 0.5) is 0 Å². The van der Waals surface area contributed by atoms with Crippen molar-refractivity contribution < 1.29 is 23.1 Å². The van der Waals surface area contributed by atoms with Gasteiger partial charge in [-0.1, -0.05) is 42.5 Å². The van der Waals surface area contributed by atoms with Crippen LogP contribution in [0.15, 0.2) is 54.6 Å². The minimum atomic E-state index is -3.45. The Labute approximate surface area is 141 Å². The molecule has 1 aliphatic heterocycles. The van der Waals surface area contributed by atoms with Crippen LogP contribution in [0.1, 0.15) is 17.2 Å². The summed E-state index contributed by atoms with van der Waals surface area (Å²) >= 11 is 0. The molecule has 1 heterocycles. The minimum Gasteiger partial charge on any atom is -0.493 e. The van der Waals surface area contributed by atoms with Crippen molar-refractivity contribution in [2.24, 2.45) is 0 Å². The van der Waals surface area contributed by atoms with E-state index in [9.17, 15) is 4.57 Å². The lowest BCUT2D eigenvalue weighted by Crippen LogP contribution is -2.13. The van der Waals surface area contributed by atoms with Crippen molar-refractivity contribution in [2.45, 2.75) is 6.10 Å². The smallest absolute Gasteiger partial charge is 0.361 e. The Morgan fingerprint density at radius 1 is 0.958 bits per heavy atom. The molecule has 0 aliphatic carbocycles. The second kappa shape index (κ2) is 6.81. The normalized spacial score (nSPS) is 16.8. The lowest BCUT2D eigenvalue weighted by Gasteiger charge is -2.29. The van der Waals surface area contributed by atoms with E-state index in [1.807, 2.05) is 42.5 Å². The average molecular weight is 346 g/mol. The Morgan fingerprint density at radius 3 is 2.29 bits per heavy atom. The van der Waals surface area contributed by atoms with Crippen molar-refractivity contribution in [2.75, 3.05) is 21.3 Å². The molecule has 0 aromatic heterocycles. The zero-order valence-electron chi connectivity index (χ0n) is 13.8. The molecule has 24 heavy (non-hydrogen) atoms. The van der Waals surface area contributed by atoms with Crippen LogP contribution >= 0.6 is 7.60 Å². The second-order valence-electron chi connectivity index (χ2n) is 5.20. The maximum absolute atomic E-state index is 13.0. The number of para-hydroxylation sites is 1. The summed E-state index contributed by atoms with van der Waals surface area (Å²) < 4.78 is 35.0. The van der Waals surface area contributed by atoms with Crippen LogP contribution in [0, 0.1) is 0 Å². The molecule has 0 radical (unpaired) electrons. The standard InChI is InChI=1S/C18H19O5P/c1-20-15-11-7-10-14-17(24(19,21-2)22-3)12-16(23-18(14)15)13-8-5-4-6-9-13/h4-12,16H,1-3H3. The molecular weight excluding hydrogens is 327 g/mol. The molecule has 0 saturated heterocycles. The monoisotopic (exact) mass is 346 g/mol. The Morgan fingerprint density at radius 2 is 1.67 bits per heavy atom. The van der Waals surface area contributed by atoms with Crippen molar-refractivity contribution in [3.63, 3.8) is 0 Å². The summed E-state index contributed by atoms with van der Waals surface area (Å²) in [5.41, 5.74) is 1.58. The van der Waals surface area contributed by atoms with Gasteiger partial charge in [0.15, 0.2) is 11.5 Å². The second-order valence-corrected chi connectivity index (χ2v) is 7.41. The average Bonchev–Trinajstić information content (AvgIpc) is 2.66. The van der Waals surface area contributed by atoms with Crippen LogP contribution in [0.3, 0.4) is 0 Å². The molecule has 2 aromatic carbocycles. The zero-order chi connectivity index (χ0) is 17.2. The first-order valence-corrected chi connectivity index (χ1v) is 9.00. The lowest BCUT2D eigenvalue weighted by molar-refractivity contribution is 0.235. The van der Waals surface area contributed by atoms with Crippen LogP contribution < -0.4 is 9.47 Å². The van der Waals surface area contributed by atoms with Crippen LogP contribution in [0.2, 0.25) is 0 Å². The van der Waals surface area contributed by atoms with Gasteiger partial charge in [0, 0.05) is 19.8 Å². The minimum absolute atomic E-state index is 0.413. The molecule has 0 fully saturated rings. The maximum Gasteiger partial charge on any atom is 0.361 e. The van der Waals surface area contributed by atoms with E-state index in [0.29, 0.717) is 22.4 Å². The highest BCUT2D eigenvalue weighted by atomic mass is 31.2. The number of rotatable bonds is 5. The van der Waals surface area contributed by atoms with Crippen LogP contribution in [0.5, 0.6) is 11.5 Å². The van der Waals surface area contributed by atoms with Crippen molar-refractivity contribution in [3.8, 4) is 11.5 Å². The molecule has 5 nitrogen and oxygen atoms in total. The summed E-state index contributed by atoms with van der Waals surface area (Å²) in [7, 11) is 0.865. The molecule has 1 unspecified atom stereocenters. The molecule has 0 N–H and O–H groups in total. The molecule has 0 bridgehead atoms. The molecular formula is C18H19O5P. The molecule has 3 rings (SSSR count). The Balaban J connectivity index is 2.20.